The quantitative estimate of drug-likeness (QED) is 0.816. The van der Waals surface area contributed by atoms with Crippen molar-refractivity contribution in [2.75, 3.05) is 11.5 Å². The number of carboxylic acid groups (broad SMARTS) is 1. The highest BCUT2D eigenvalue weighted by atomic mass is 32.2. The average molecular weight is 290 g/mol. The third-order valence-electron chi connectivity index (χ3n) is 2.68. The number of sulfone groups is 1. The molecule has 1 aliphatic heterocycles. The number of carbonyl (C=O) groups is 1. The minimum Gasteiger partial charge on any atom is -0.486 e. The summed E-state index contributed by atoms with van der Waals surface area (Å²) < 4.78 is 40.9. The van der Waals surface area contributed by atoms with Crippen LogP contribution < -0.4 is 4.74 Å². The van der Waals surface area contributed by atoms with Crippen molar-refractivity contribution in [3.05, 3.63) is 29.6 Å². The highest BCUT2D eigenvalue weighted by molar-refractivity contribution is 7.91. The SMILES string of the molecule is O=C(O)c1cc(F)cc(OC2CS(=O)(=O)CC2O)c1. The zero-order valence-electron chi connectivity index (χ0n) is 9.61. The summed E-state index contributed by atoms with van der Waals surface area (Å²) in [5.41, 5.74) is -0.314. The second-order valence-electron chi connectivity index (χ2n) is 4.28. The van der Waals surface area contributed by atoms with Gasteiger partial charge in [-0.2, -0.15) is 0 Å². The summed E-state index contributed by atoms with van der Waals surface area (Å²) in [5, 5.41) is 18.3. The maximum absolute atomic E-state index is 13.2. The molecule has 2 rings (SSSR count). The van der Waals surface area contributed by atoms with Gasteiger partial charge in [0, 0.05) is 6.07 Å². The first-order valence-electron chi connectivity index (χ1n) is 5.36. The first kappa shape index (κ1) is 13.8. The topological polar surface area (TPSA) is 101 Å². The Hall–Kier alpha value is -1.67. The number of benzene rings is 1. The van der Waals surface area contributed by atoms with E-state index in [9.17, 15) is 22.7 Å². The van der Waals surface area contributed by atoms with Crippen molar-refractivity contribution in [3.63, 3.8) is 0 Å². The third kappa shape index (κ3) is 3.21. The molecule has 19 heavy (non-hydrogen) atoms. The first-order chi connectivity index (χ1) is 8.77. The van der Waals surface area contributed by atoms with Crippen LogP contribution in [0.25, 0.3) is 0 Å². The molecule has 104 valence electrons. The van der Waals surface area contributed by atoms with Crippen LogP contribution in [0.5, 0.6) is 5.75 Å². The fourth-order valence-corrected chi connectivity index (χ4v) is 3.50. The van der Waals surface area contributed by atoms with Gasteiger partial charge in [-0.3, -0.25) is 0 Å². The molecule has 0 saturated carbocycles. The summed E-state index contributed by atoms with van der Waals surface area (Å²) in [6.45, 7) is 0. The highest BCUT2D eigenvalue weighted by Crippen LogP contribution is 2.22. The number of aliphatic hydroxyl groups excluding tert-OH is 1. The standard InChI is InChI=1S/C11H11FO6S/c12-7-1-6(11(14)15)2-8(3-7)18-10-5-19(16,17)4-9(10)13/h1-3,9-10,13H,4-5H2,(H,14,15). The Bertz CT molecular complexity index is 612. The van der Waals surface area contributed by atoms with Crippen LogP contribution in [0.3, 0.4) is 0 Å². The number of hydrogen-bond acceptors (Lipinski definition) is 5. The zero-order chi connectivity index (χ0) is 14.2. The monoisotopic (exact) mass is 290 g/mol. The van der Waals surface area contributed by atoms with Crippen LogP contribution in [-0.2, 0) is 9.84 Å². The van der Waals surface area contributed by atoms with E-state index in [0.717, 1.165) is 18.2 Å². The Morgan fingerprint density at radius 3 is 2.53 bits per heavy atom. The Kier molecular flexibility index (Phi) is 3.46. The van der Waals surface area contributed by atoms with Gasteiger partial charge in [0.25, 0.3) is 0 Å². The van der Waals surface area contributed by atoms with E-state index in [1.54, 1.807) is 0 Å². The molecule has 0 radical (unpaired) electrons. The largest absolute Gasteiger partial charge is 0.486 e. The molecule has 1 aliphatic rings. The van der Waals surface area contributed by atoms with Crippen molar-refractivity contribution in [3.8, 4) is 5.75 Å². The minimum absolute atomic E-state index is 0.126. The second-order valence-corrected chi connectivity index (χ2v) is 6.44. The van der Waals surface area contributed by atoms with Gasteiger partial charge in [-0.15, -0.1) is 0 Å². The van der Waals surface area contributed by atoms with E-state index in [1.807, 2.05) is 0 Å². The number of carboxylic acids is 1. The molecule has 0 spiro atoms. The minimum atomic E-state index is -3.39. The number of ether oxygens (including phenoxy) is 1. The lowest BCUT2D eigenvalue weighted by atomic mass is 10.2. The number of aromatic carboxylic acids is 1. The van der Waals surface area contributed by atoms with E-state index < -0.39 is 39.6 Å². The van der Waals surface area contributed by atoms with Crippen molar-refractivity contribution >= 4 is 15.8 Å². The van der Waals surface area contributed by atoms with Gasteiger partial charge in [0.1, 0.15) is 23.8 Å². The van der Waals surface area contributed by atoms with Crippen molar-refractivity contribution < 1.29 is 32.6 Å². The van der Waals surface area contributed by atoms with Gasteiger partial charge < -0.3 is 14.9 Å². The average Bonchev–Trinajstić information content (AvgIpc) is 2.50. The van der Waals surface area contributed by atoms with Crippen LogP contribution >= 0.6 is 0 Å². The van der Waals surface area contributed by atoms with Crippen LogP contribution in [0.2, 0.25) is 0 Å². The first-order valence-corrected chi connectivity index (χ1v) is 7.18. The van der Waals surface area contributed by atoms with Crippen molar-refractivity contribution in [2.24, 2.45) is 0 Å². The Balaban J connectivity index is 2.22. The van der Waals surface area contributed by atoms with Crippen molar-refractivity contribution in [2.45, 2.75) is 12.2 Å². The van der Waals surface area contributed by atoms with E-state index in [4.69, 9.17) is 9.84 Å². The van der Waals surface area contributed by atoms with Gasteiger partial charge in [0.15, 0.2) is 9.84 Å². The molecule has 2 unspecified atom stereocenters. The predicted octanol–water partition coefficient (Wildman–Crippen LogP) is 0.0606. The molecule has 8 heteroatoms. The van der Waals surface area contributed by atoms with Gasteiger partial charge in [0.05, 0.1) is 17.1 Å². The molecule has 0 aromatic heterocycles. The van der Waals surface area contributed by atoms with Crippen LogP contribution in [-0.4, -0.2) is 48.3 Å². The van der Waals surface area contributed by atoms with Crippen LogP contribution in [0, 0.1) is 5.82 Å². The number of aliphatic hydroxyl groups is 1. The number of hydrogen-bond donors (Lipinski definition) is 2. The Morgan fingerprint density at radius 2 is 2.00 bits per heavy atom. The van der Waals surface area contributed by atoms with Gasteiger partial charge >= 0.3 is 5.97 Å². The molecule has 2 N–H and O–H groups in total. The lowest BCUT2D eigenvalue weighted by Gasteiger charge is -2.16. The molecule has 2 atom stereocenters. The van der Waals surface area contributed by atoms with E-state index in [1.165, 1.54) is 0 Å². The van der Waals surface area contributed by atoms with Crippen LogP contribution in [0.4, 0.5) is 4.39 Å². The predicted molar refractivity (Wildman–Crippen MR) is 62.4 cm³/mol. The maximum atomic E-state index is 13.2. The van der Waals surface area contributed by atoms with E-state index in [2.05, 4.69) is 0 Å². The smallest absolute Gasteiger partial charge is 0.335 e. The molecule has 0 bridgehead atoms. The summed E-state index contributed by atoms with van der Waals surface area (Å²) in [7, 11) is -3.39. The lowest BCUT2D eigenvalue weighted by molar-refractivity contribution is 0.0686. The van der Waals surface area contributed by atoms with Gasteiger partial charge in [-0.25, -0.2) is 17.6 Å². The van der Waals surface area contributed by atoms with E-state index in [0.29, 0.717) is 0 Å². The fourth-order valence-electron chi connectivity index (χ4n) is 1.84. The number of halogens is 1. The Morgan fingerprint density at radius 1 is 1.32 bits per heavy atom. The number of rotatable bonds is 3. The summed E-state index contributed by atoms with van der Waals surface area (Å²) in [6, 6.07) is 2.82. The van der Waals surface area contributed by atoms with E-state index >= 15 is 0 Å². The van der Waals surface area contributed by atoms with Gasteiger partial charge in [-0.1, -0.05) is 0 Å². The molecular weight excluding hydrogens is 279 g/mol. The van der Waals surface area contributed by atoms with E-state index in [-0.39, 0.29) is 17.1 Å². The third-order valence-corrected chi connectivity index (χ3v) is 4.36. The Labute approximate surface area is 108 Å². The lowest BCUT2D eigenvalue weighted by Crippen LogP contribution is -2.29. The molecule has 0 amide bonds. The molecular formula is C11H11FO6S. The molecule has 1 aromatic carbocycles. The molecule has 1 saturated heterocycles. The molecule has 1 heterocycles. The zero-order valence-corrected chi connectivity index (χ0v) is 10.4. The van der Waals surface area contributed by atoms with Crippen molar-refractivity contribution in [1.82, 2.24) is 0 Å². The summed E-state index contributed by atoms with van der Waals surface area (Å²) in [4.78, 5) is 10.7. The maximum Gasteiger partial charge on any atom is 0.335 e. The molecule has 6 nitrogen and oxygen atoms in total. The molecule has 1 fully saturated rings. The summed E-state index contributed by atoms with van der Waals surface area (Å²) in [6.07, 6.45) is -2.23. The molecule has 1 aromatic rings. The van der Waals surface area contributed by atoms with Gasteiger partial charge in [-0.05, 0) is 12.1 Å². The van der Waals surface area contributed by atoms with Crippen LogP contribution in [0.15, 0.2) is 18.2 Å². The summed E-state index contributed by atoms with van der Waals surface area (Å²) in [5.74, 6) is -3.07. The van der Waals surface area contributed by atoms with Crippen molar-refractivity contribution in [1.29, 1.82) is 0 Å². The summed E-state index contributed by atoms with van der Waals surface area (Å²) >= 11 is 0. The highest BCUT2D eigenvalue weighted by Gasteiger charge is 2.38. The second kappa shape index (κ2) is 4.78. The van der Waals surface area contributed by atoms with Gasteiger partial charge in [0.2, 0.25) is 0 Å². The molecule has 0 aliphatic carbocycles. The normalized spacial score (nSPS) is 25.2. The fraction of sp³-hybridized carbons (Fsp3) is 0.364. The van der Waals surface area contributed by atoms with Crippen LogP contribution in [0.1, 0.15) is 10.4 Å².